The number of nitrogens with two attached hydrogens (primary N) is 1. The summed E-state index contributed by atoms with van der Waals surface area (Å²) in [5.41, 5.74) is 6.38. The Bertz CT molecular complexity index is 729. The normalized spacial score (nSPS) is 21.2. The highest BCUT2D eigenvalue weighted by Crippen LogP contribution is 2.34. The van der Waals surface area contributed by atoms with E-state index >= 15 is 0 Å². The topological polar surface area (TPSA) is 118 Å². The van der Waals surface area contributed by atoms with Crippen LogP contribution in [-0.2, 0) is 5.41 Å². The molecule has 8 heteroatoms. The van der Waals surface area contributed by atoms with Crippen molar-refractivity contribution < 1.29 is 9.59 Å². The highest BCUT2D eigenvalue weighted by Gasteiger charge is 2.38. The quantitative estimate of drug-likeness (QED) is 0.855. The molecule has 0 aromatic carbocycles. The van der Waals surface area contributed by atoms with Gasteiger partial charge in [-0.1, -0.05) is 6.92 Å². The summed E-state index contributed by atoms with van der Waals surface area (Å²) in [6.07, 6.45) is 7.57. The van der Waals surface area contributed by atoms with E-state index in [-0.39, 0.29) is 5.91 Å². The number of H-pyrrole nitrogens is 1. The number of carbonyl (C=O) groups is 2. The summed E-state index contributed by atoms with van der Waals surface area (Å²) in [6.45, 7) is 3.11. The van der Waals surface area contributed by atoms with Crippen LogP contribution in [-0.4, -0.2) is 50.0 Å². The Morgan fingerprint density at radius 2 is 2.17 bits per heavy atom. The molecule has 0 radical (unpaired) electrons. The lowest BCUT2D eigenvalue weighted by atomic mass is 9.77. The molecule has 2 aromatic rings. The minimum atomic E-state index is -0.521. The van der Waals surface area contributed by atoms with Crippen molar-refractivity contribution in [3.8, 4) is 0 Å². The number of aromatic nitrogens is 4. The van der Waals surface area contributed by atoms with E-state index in [1.54, 1.807) is 4.90 Å². The van der Waals surface area contributed by atoms with E-state index < -0.39 is 11.3 Å². The van der Waals surface area contributed by atoms with E-state index in [0.717, 1.165) is 12.8 Å². The maximum absolute atomic E-state index is 12.6. The summed E-state index contributed by atoms with van der Waals surface area (Å²) in [4.78, 5) is 33.9. The second-order valence-electron chi connectivity index (χ2n) is 6.00. The van der Waals surface area contributed by atoms with E-state index in [1.165, 1.54) is 24.8 Å². The second kappa shape index (κ2) is 5.79. The Morgan fingerprint density at radius 3 is 2.87 bits per heavy atom. The lowest BCUT2D eigenvalue weighted by molar-refractivity contribution is 0.0640. The number of hydrogen-bond acceptors (Lipinski definition) is 5. The molecule has 0 spiro atoms. The average Bonchev–Trinajstić information content (AvgIpc) is 3.06. The van der Waals surface area contributed by atoms with Gasteiger partial charge in [0.1, 0.15) is 5.69 Å². The minimum absolute atomic E-state index is 0.163. The molecule has 3 rings (SSSR count). The van der Waals surface area contributed by atoms with Crippen LogP contribution in [0.2, 0.25) is 0 Å². The van der Waals surface area contributed by atoms with E-state index in [0.29, 0.717) is 30.0 Å². The fourth-order valence-corrected chi connectivity index (χ4v) is 3.12. The van der Waals surface area contributed by atoms with Gasteiger partial charge in [0, 0.05) is 30.9 Å². The van der Waals surface area contributed by atoms with Crippen molar-refractivity contribution >= 4 is 11.8 Å². The van der Waals surface area contributed by atoms with E-state index in [1.807, 2.05) is 6.92 Å². The molecule has 3 heterocycles. The van der Waals surface area contributed by atoms with Crippen molar-refractivity contribution in [2.24, 2.45) is 5.73 Å². The molecule has 2 amide bonds. The summed E-state index contributed by atoms with van der Waals surface area (Å²) in [7, 11) is 0. The Balaban J connectivity index is 1.87. The average molecular weight is 314 g/mol. The molecule has 0 bridgehead atoms. The first-order chi connectivity index (χ1) is 11.0. The van der Waals surface area contributed by atoms with Crippen LogP contribution in [0.1, 0.15) is 46.3 Å². The van der Waals surface area contributed by atoms with Gasteiger partial charge in [0.2, 0.25) is 0 Å². The number of nitrogens with zero attached hydrogens (tertiary/aromatic N) is 4. The smallest absolute Gasteiger partial charge is 0.274 e. The number of hydrogen-bond donors (Lipinski definition) is 2. The van der Waals surface area contributed by atoms with E-state index in [4.69, 9.17) is 5.73 Å². The predicted octanol–water partition coefficient (Wildman–Crippen LogP) is 0.492. The second-order valence-corrected chi connectivity index (χ2v) is 6.00. The Kier molecular flexibility index (Phi) is 3.81. The molecule has 3 N–H and O–H groups in total. The summed E-state index contributed by atoms with van der Waals surface area (Å²) >= 11 is 0. The van der Waals surface area contributed by atoms with Crippen LogP contribution in [0.25, 0.3) is 0 Å². The molecule has 120 valence electrons. The van der Waals surface area contributed by atoms with Gasteiger partial charge in [-0.3, -0.25) is 19.7 Å². The predicted molar refractivity (Wildman–Crippen MR) is 81.6 cm³/mol. The third-order valence-electron chi connectivity index (χ3n) is 4.27. The summed E-state index contributed by atoms with van der Waals surface area (Å²) in [6, 6.07) is 0. The molecule has 1 aliphatic rings. The summed E-state index contributed by atoms with van der Waals surface area (Å²) in [5.74, 6) is -0.684. The number of carbonyl (C=O) groups excluding carboxylic acids is 2. The van der Waals surface area contributed by atoms with Gasteiger partial charge in [-0.15, -0.1) is 0 Å². The number of primary amides is 1. The molecule has 23 heavy (non-hydrogen) atoms. The molecule has 1 atom stereocenters. The lowest BCUT2D eigenvalue weighted by Gasteiger charge is -2.40. The lowest BCUT2D eigenvalue weighted by Crippen LogP contribution is -2.48. The number of amides is 2. The minimum Gasteiger partial charge on any atom is -0.365 e. The molecule has 8 nitrogen and oxygen atoms in total. The van der Waals surface area contributed by atoms with E-state index in [9.17, 15) is 9.59 Å². The van der Waals surface area contributed by atoms with Crippen molar-refractivity contribution in [3.63, 3.8) is 0 Å². The zero-order valence-electron chi connectivity index (χ0n) is 12.8. The molecule has 1 fully saturated rings. The third kappa shape index (κ3) is 2.79. The van der Waals surface area contributed by atoms with Crippen molar-refractivity contribution in [1.82, 2.24) is 25.1 Å². The van der Waals surface area contributed by atoms with Gasteiger partial charge in [0.05, 0.1) is 23.7 Å². The van der Waals surface area contributed by atoms with Crippen LogP contribution in [0.4, 0.5) is 0 Å². The molecule has 1 saturated heterocycles. The molecular weight excluding hydrogens is 296 g/mol. The number of likely N-dealkylation sites (tertiary alicyclic amines) is 1. The van der Waals surface area contributed by atoms with Gasteiger partial charge in [-0.2, -0.15) is 5.10 Å². The van der Waals surface area contributed by atoms with Crippen molar-refractivity contribution in [1.29, 1.82) is 0 Å². The number of nitrogens with one attached hydrogen (secondary N) is 1. The first-order valence-corrected chi connectivity index (χ1v) is 7.40. The maximum atomic E-state index is 12.6. The van der Waals surface area contributed by atoms with Crippen LogP contribution in [0, 0.1) is 0 Å². The molecule has 0 unspecified atom stereocenters. The Hall–Kier alpha value is -2.77. The third-order valence-corrected chi connectivity index (χ3v) is 4.27. The van der Waals surface area contributed by atoms with Crippen molar-refractivity contribution in [2.75, 3.05) is 13.1 Å². The molecular formula is C15H18N6O2. The monoisotopic (exact) mass is 314 g/mol. The van der Waals surface area contributed by atoms with Crippen molar-refractivity contribution in [3.05, 3.63) is 41.7 Å². The standard InChI is InChI=1S/C15H18N6O2/c1-15(12-10(13(16)22)7-19-20-12)3-2-6-21(9-15)14(23)11-8-17-4-5-18-11/h4-5,7-8H,2-3,6,9H2,1H3,(H2,16,22)(H,19,20)/t15-/m1/s1. The molecule has 0 aliphatic carbocycles. The number of piperidine rings is 1. The van der Waals surface area contributed by atoms with E-state index in [2.05, 4.69) is 20.2 Å². The zero-order chi connectivity index (χ0) is 16.4. The van der Waals surface area contributed by atoms with Gasteiger partial charge in [0.15, 0.2) is 0 Å². The maximum Gasteiger partial charge on any atom is 0.274 e. The van der Waals surface area contributed by atoms with Gasteiger partial charge < -0.3 is 10.6 Å². The molecule has 1 aliphatic heterocycles. The fourth-order valence-electron chi connectivity index (χ4n) is 3.12. The first-order valence-electron chi connectivity index (χ1n) is 7.40. The fraction of sp³-hybridized carbons (Fsp3) is 0.400. The number of aromatic amines is 1. The molecule has 2 aromatic heterocycles. The van der Waals surface area contributed by atoms with Crippen LogP contribution in [0.5, 0.6) is 0 Å². The van der Waals surface area contributed by atoms with Crippen LogP contribution < -0.4 is 5.73 Å². The van der Waals surface area contributed by atoms with Crippen LogP contribution in [0.3, 0.4) is 0 Å². The zero-order valence-corrected chi connectivity index (χ0v) is 12.8. The highest BCUT2D eigenvalue weighted by atomic mass is 16.2. The Labute approximate surface area is 133 Å². The van der Waals surface area contributed by atoms with Gasteiger partial charge in [-0.05, 0) is 12.8 Å². The summed E-state index contributed by atoms with van der Waals surface area (Å²) in [5, 5.41) is 6.82. The van der Waals surface area contributed by atoms with Gasteiger partial charge >= 0.3 is 0 Å². The first kappa shape index (κ1) is 15.1. The Morgan fingerprint density at radius 1 is 1.35 bits per heavy atom. The summed E-state index contributed by atoms with van der Waals surface area (Å²) < 4.78 is 0. The highest BCUT2D eigenvalue weighted by molar-refractivity contribution is 5.94. The SMILES string of the molecule is C[C@@]1(c2[nH]ncc2C(N)=O)CCCN(C(=O)c2cnccn2)C1. The van der Waals surface area contributed by atoms with Gasteiger partial charge in [0.25, 0.3) is 11.8 Å². The van der Waals surface area contributed by atoms with Crippen molar-refractivity contribution in [2.45, 2.75) is 25.2 Å². The molecule has 0 saturated carbocycles. The number of rotatable bonds is 3. The van der Waals surface area contributed by atoms with Gasteiger partial charge in [-0.25, -0.2) is 4.98 Å². The van der Waals surface area contributed by atoms with Crippen LogP contribution >= 0.6 is 0 Å². The van der Waals surface area contributed by atoms with Crippen LogP contribution in [0.15, 0.2) is 24.8 Å². The largest absolute Gasteiger partial charge is 0.365 e.